The van der Waals surface area contributed by atoms with Gasteiger partial charge in [-0.2, -0.15) is 21.6 Å². The molecule has 0 aliphatic heterocycles. The molecule has 0 spiro atoms. The van der Waals surface area contributed by atoms with Crippen molar-refractivity contribution in [3.05, 3.63) is 29.8 Å². The van der Waals surface area contributed by atoms with Crippen LogP contribution < -0.4 is 4.74 Å². The lowest BCUT2D eigenvalue weighted by atomic mass is 10.0. The third kappa shape index (κ3) is 8.19. The second-order valence-corrected chi connectivity index (χ2v) is 8.44. The zero-order valence-corrected chi connectivity index (χ0v) is 16.8. The SMILES string of the molecule is CCCCC(C)(C)Oc1ccc(/C(=N/OS(=O)(=O)CCC)C(F)(F)F)cc1. The Labute approximate surface area is 158 Å². The molecule has 154 valence electrons. The van der Waals surface area contributed by atoms with Crippen LogP contribution in [0.4, 0.5) is 13.2 Å². The van der Waals surface area contributed by atoms with Crippen molar-refractivity contribution in [3.63, 3.8) is 0 Å². The van der Waals surface area contributed by atoms with Gasteiger partial charge in [-0.1, -0.05) is 25.4 Å². The highest BCUT2D eigenvalue weighted by Gasteiger charge is 2.38. The number of benzene rings is 1. The van der Waals surface area contributed by atoms with Gasteiger partial charge in [0.2, 0.25) is 0 Å². The van der Waals surface area contributed by atoms with Gasteiger partial charge in [-0.05, 0) is 57.4 Å². The van der Waals surface area contributed by atoms with Crippen LogP contribution in [0.2, 0.25) is 0 Å². The van der Waals surface area contributed by atoms with Crippen molar-refractivity contribution in [2.24, 2.45) is 5.16 Å². The summed E-state index contributed by atoms with van der Waals surface area (Å²) in [6.07, 6.45) is -1.87. The Morgan fingerprint density at radius 1 is 1.07 bits per heavy atom. The highest BCUT2D eigenvalue weighted by atomic mass is 32.2. The molecule has 0 aliphatic rings. The summed E-state index contributed by atoms with van der Waals surface area (Å²) in [6.45, 7) is 7.44. The molecular weight excluding hydrogens is 383 g/mol. The van der Waals surface area contributed by atoms with Gasteiger partial charge in [-0.3, -0.25) is 4.28 Å². The fourth-order valence-corrected chi connectivity index (χ4v) is 3.07. The average Bonchev–Trinajstić information content (AvgIpc) is 2.53. The van der Waals surface area contributed by atoms with Gasteiger partial charge in [0.25, 0.3) is 0 Å². The number of hydrogen-bond donors (Lipinski definition) is 0. The minimum absolute atomic E-state index is 0.207. The Morgan fingerprint density at radius 3 is 2.15 bits per heavy atom. The maximum absolute atomic E-state index is 13.2. The number of halogens is 3. The fourth-order valence-electron chi connectivity index (χ4n) is 2.30. The number of hydrogen-bond acceptors (Lipinski definition) is 5. The van der Waals surface area contributed by atoms with E-state index in [1.165, 1.54) is 24.3 Å². The minimum Gasteiger partial charge on any atom is -0.488 e. The van der Waals surface area contributed by atoms with Crippen molar-refractivity contribution in [2.75, 3.05) is 5.75 Å². The first-order valence-corrected chi connectivity index (χ1v) is 10.3. The molecule has 5 nitrogen and oxygen atoms in total. The number of ether oxygens (including phenoxy) is 1. The molecule has 0 atom stereocenters. The fraction of sp³-hybridized carbons (Fsp3) is 0.611. The average molecular weight is 409 g/mol. The van der Waals surface area contributed by atoms with Crippen LogP contribution in [0.1, 0.15) is 58.9 Å². The Balaban J connectivity index is 3.02. The van der Waals surface area contributed by atoms with Crippen LogP contribution in [0.3, 0.4) is 0 Å². The van der Waals surface area contributed by atoms with Crippen molar-refractivity contribution in [1.29, 1.82) is 0 Å². The normalized spacial score (nSPS) is 13.5. The van der Waals surface area contributed by atoms with Gasteiger partial charge in [0.15, 0.2) is 5.71 Å². The van der Waals surface area contributed by atoms with Crippen LogP contribution in [-0.4, -0.2) is 31.7 Å². The van der Waals surface area contributed by atoms with Gasteiger partial charge < -0.3 is 4.74 Å². The largest absolute Gasteiger partial charge is 0.488 e. The molecule has 0 amide bonds. The van der Waals surface area contributed by atoms with Crippen LogP contribution in [-0.2, 0) is 14.4 Å². The van der Waals surface area contributed by atoms with E-state index < -0.39 is 33.4 Å². The molecular formula is C18H26F3NO4S. The second kappa shape index (κ2) is 9.43. The Kier molecular flexibility index (Phi) is 8.13. The van der Waals surface area contributed by atoms with Crippen LogP contribution in [0.5, 0.6) is 5.75 Å². The van der Waals surface area contributed by atoms with Crippen LogP contribution in [0, 0.1) is 0 Å². The molecule has 0 aromatic heterocycles. The van der Waals surface area contributed by atoms with E-state index in [-0.39, 0.29) is 12.0 Å². The second-order valence-electron chi connectivity index (χ2n) is 6.76. The summed E-state index contributed by atoms with van der Waals surface area (Å²) < 4.78 is 72.7. The van der Waals surface area contributed by atoms with Crippen LogP contribution in [0.25, 0.3) is 0 Å². The lowest BCUT2D eigenvalue weighted by Crippen LogP contribution is -2.28. The summed E-state index contributed by atoms with van der Waals surface area (Å²) >= 11 is 0. The molecule has 0 saturated heterocycles. The number of nitrogens with zero attached hydrogens (tertiary/aromatic N) is 1. The summed E-state index contributed by atoms with van der Waals surface area (Å²) in [5.74, 6) is 0.00208. The quantitative estimate of drug-likeness (QED) is 0.400. The van der Waals surface area contributed by atoms with E-state index in [1.807, 2.05) is 13.8 Å². The standard InChI is InChI=1S/C18H26F3NO4S/c1-5-7-12-17(3,4)25-15-10-8-14(9-11-15)16(18(19,20)21)22-26-27(23,24)13-6-2/h8-11H,5-7,12-13H2,1-4H3/b22-16-. The number of rotatable bonds is 10. The van der Waals surface area contributed by atoms with E-state index >= 15 is 0 Å². The third-order valence-electron chi connectivity index (χ3n) is 3.62. The molecule has 1 aromatic carbocycles. The van der Waals surface area contributed by atoms with Gasteiger partial charge in [0, 0.05) is 5.56 Å². The van der Waals surface area contributed by atoms with Crippen LogP contribution >= 0.6 is 0 Å². The minimum atomic E-state index is -4.87. The molecule has 0 radical (unpaired) electrons. The van der Waals surface area contributed by atoms with Gasteiger partial charge in [-0.25, -0.2) is 0 Å². The summed E-state index contributed by atoms with van der Waals surface area (Å²) in [5, 5.41) is 2.86. The maximum Gasteiger partial charge on any atom is 0.437 e. The zero-order chi connectivity index (χ0) is 20.7. The zero-order valence-electron chi connectivity index (χ0n) is 16.0. The molecule has 0 N–H and O–H groups in total. The first kappa shape index (κ1) is 23.3. The number of oxime groups is 1. The predicted molar refractivity (Wildman–Crippen MR) is 98.4 cm³/mol. The van der Waals surface area contributed by atoms with E-state index in [0.717, 1.165) is 19.3 Å². The summed E-state index contributed by atoms with van der Waals surface area (Å²) in [6, 6.07) is 5.14. The lowest BCUT2D eigenvalue weighted by molar-refractivity contribution is -0.0597. The van der Waals surface area contributed by atoms with Crippen molar-refractivity contribution < 1.29 is 30.6 Å². The smallest absolute Gasteiger partial charge is 0.437 e. The molecule has 0 heterocycles. The van der Waals surface area contributed by atoms with Crippen molar-refractivity contribution in [2.45, 2.75) is 65.2 Å². The molecule has 1 rings (SSSR count). The monoisotopic (exact) mass is 409 g/mol. The Bertz CT molecular complexity index is 726. The van der Waals surface area contributed by atoms with Crippen molar-refractivity contribution >= 4 is 15.8 Å². The van der Waals surface area contributed by atoms with E-state index in [4.69, 9.17) is 4.74 Å². The first-order valence-electron chi connectivity index (χ1n) is 8.76. The van der Waals surface area contributed by atoms with Gasteiger partial charge in [0.1, 0.15) is 11.4 Å². The summed E-state index contributed by atoms with van der Waals surface area (Å²) in [4.78, 5) is 0. The summed E-state index contributed by atoms with van der Waals surface area (Å²) in [5.41, 5.74) is -2.18. The molecule has 0 aliphatic carbocycles. The first-order chi connectivity index (χ1) is 12.4. The van der Waals surface area contributed by atoms with Crippen molar-refractivity contribution in [3.8, 4) is 5.75 Å². The van der Waals surface area contributed by atoms with Crippen molar-refractivity contribution in [1.82, 2.24) is 0 Å². The van der Waals surface area contributed by atoms with E-state index in [9.17, 15) is 21.6 Å². The Morgan fingerprint density at radius 2 is 1.67 bits per heavy atom. The van der Waals surface area contributed by atoms with E-state index in [0.29, 0.717) is 5.75 Å². The van der Waals surface area contributed by atoms with Crippen LogP contribution in [0.15, 0.2) is 29.4 Å². The Hall–Kier alpha value is -1.77. The van der Waals surface area contributed by atoms with Gasteiger partial charge in [-0.15, -0.1) is 0 Å². The molecule has 0 bridgehead atoms. The van der Waals surface area contributed by atoms with Gasteiger partial charge >= 0.3 is 16.3 Å². The topological polar surface area (TPSA) is 65.0 Å². The maximum atomic E-state index is 13.2. The van der Waals surface area contributed by atoms with Gasteiger partial charge in [0.05, 0.1) is 5.75 Å². The molecule has 9 heteroatoms. The van der Waals surface area contributed by atoms with E-state index in [1.54, 1.807) is 6.92 Å². The highest BCUT2D eigenvalue weighted by molar-refractivity contribution is 7.86. The molecule has 1 aromatic rings. The molecule has 0 saturated carbocycles. The van der Waals surface area contributed by atoms with E-state index in [2.05, 4.69) is 16.4 Å². The third-order valence-corrected chi connectivity index (χ3v) is 4.83. The molecule has 0 fully saturated rings. The number of unbranched alkanes of at least 4 members (excludes halogenated alkanes) is 1. The summed E-state index contributed by atoms with van der Waals surface area (Å²) in [7, 11) is -4.15. The number of alkyl halides is 3. The predicted octanol–water partition coefficient (Wildman–Crippen LogP) is 5.06. The highest BCUT2D eigenvalue weighted by Crippen LogP contribution is 2.27. The molecule has 27 heavy (non-hydrogen) atoms. The lowest BCUT2D eigenvalue weighted by Gasteiger charge is -2.26. The molecule has 0 unspecified atom stereocenters.